The van der Waals surface area contributed by atoms with Gasteiger partial charge in [-0.15, -0.1) is 0 Å². The maximum Gasteiger partial charge on any atom is 0.325 e. The first-order valence-corrected chi connectivity index (χ1v) is 8.98. The van der Waals surface area contributed by atoms with Crippen molar-refractivity contribution in [3.63, 3.8) is 0 Å². The van der Waals surface area contributed by atoms with Gasteiger partial charge in [-0.1, -0.05) is 25.9 Å². The minimum atomic E-state index is -0.858. The maximum atomic E-state index is 12.9. The highest BCUT2D eigenvalue weighted by atomic mass is 16.5. The fraction of sp³-hybridized carbons (Fsp3) is 0.667. The van der Waals surface area contributed by atoms with E-state index in [-0.39, 0.29) is 23.7 Å². The van der Waals surface area contributed by atoms with Crippen molar-refractivity contribution >= 4 is 23.7 Å². The fourth-order valence-electron chi connectivity index (χ4n) is 3.89. The number of hydrogen-bond acceptors (Lipinski definition) is 5. The van der Waals surface area contributed by atoms with Crippen LogP contribution in [-0.2, 0) is 9.59 Å². The number of urea groups is 1. The van der Waals surface area contributed by atoms with Crippen molar-refractivity contribution in [2.75, 3.05) is 11.9 Å². The molecule has 1 saturated heterocycles. The number of anilines is 1. The zero-order valence-electron chi connectivity index (χ0n) is 15.7. The molecule has 0 bridgehead atoms. The molecular formula is C18H26N4O4. The van der Waals surface area contributed by atoms with Gasteiger partial charge in [-0.05, 0) is 43.9 Å². The number of amides is 4. The lowest BCUT2D eigenvalue weighted by Gasteiger charge is -2.40. The third-order valence-corrected chi connectivity index (χ3v) is 5.51. The summed E-state index contributed by atoms with van der Waals surface area (Å²) in [6, 6.07) is 1.06. The number of aromatic nitrogens is 1. The van der Waals surface area contributed by atoms with Gasteiger partial charge in [-0.2, -0.15) is 0 Å². The largest absolute Gasteiger partial charge is 0.360 e. The van der Waals surface area contributed by atoms with Crippen LogP contribution in [0, 0.1) is 18.3 Å². The van der Waals surface area contributed by atoms with Crippen LogP contribution in [0.5, 0.6) is 0 Å². The van der Waals surface area contributed by atoms with Crippen LogP contribution in [0.2, 0.25) is 0 Å². The molecule has 0 unspecified atom stereocenters. The van der Waals surface area contributed by atoms with Gasteiger partial charge in [0.25, 0.3) is 5.91 Å². The van der Waals surface area contributed by atoms with Gasteiger partial charge >= 0.3 is 6.03 Å². The molecule has 8 nitrogen and oxygen atoms in total. The Morgan fingerprint density at radius 2 is 2.04 bits per heavy atom. The quantitative estimate of drug-likeness (QED) is 0.804. The average molecular weight is 362 g/mol. The van der Waals surface area contributed by atoms with Gasteiger partial charge in [-0.3, -0.25) is 14.5 Å². The van der Waals surface area contributed by atoms with Crippen LogP contribution in [-0.4, -0.2) is 40.0 Å². The van der Waals surface area contributed by atoms with E-state index in [1.807, 2.05) is 0 Å². The van der Waals surface area contributed by atoms with Gasteiger partial charge in [0.1, 0.15) is 17.8 Å². The molecule has 4 amide bonds. The van der Waals surface area contributed by atoms with Crippen molar-refractivity contribution in [3.05, 3.63) is 11.8 Å². The Bertz CT molecular complexity index is 726. The zero-order chi connectivity index (χ0) is 19.1. The molecule has 1 aromatic rings. The van der Waals surface area contributed by atoms with E-state index in [1.54, 1.807) is 13.0 Å². The molecule has 0 radical (unpaired) electrons. The van der Waals surface area contributed by atoms with Gasteiger partial charge in [0.05, 0.1) is 0 Å². The maximum absolute atomic E-state index is 12.9. The van der Waals surface area contributed by atoms with Crippen LogP contribution >= 0.6 is 0 Å². The van der Waals surface area contributed by atoms with Crippen molar-refractivity contribution in [2.24, 2.45) is 11.3 Å². The fourth-order valence-corrected chi connectivity index (χ4v) is 3.89. The number of carbonyl (C=O) groups is 3. The lowest BCUT2D eigenvalue weighted by Crippen LogP contribution is -2.50. The summed E-state index contributed by atoms with van der Waals surface area (Å²) in [6.07, 6.45) is 2.99. The number of imide groups is 1. The van der Waals surface area contributed by atoms with Crippen LogP contribution in [0.4, 0.5) is 10.6 Å². The second-order valence-electron chi connectivity index (χ2n) is 8.41. The van der Waals surface area contributed by atoms with Crippen molar-refractivity contribution < 1.29 is 18.9 Å². The first-order chi connectivity index (χ1) is 12.1. The zero-order valence-corrected chi connectivity index (χ0v) is 15.7. The molecule has 8 heteroatoms. The molecule has 1 aliphatic carbocycles. The Morgan fingerprint density at radius 3 is 2.58 bits per heavy atom. The van der Waals surface area contributed by atoms with Crippen molar-refractivity contribution in [3.8, 4) is 0 Å². The lowest BCUT2D eigenvalue weighted by atomic mass is 9.67. The predicted molar refractivity (Wildman–Crippen MR) is 94.3 cm³/mol. The Labute approximate surface area is 152 Å². The standard InChI is InChI=1S/C18H26N4O4/c1-11-9-13(21-26-11)19-14(23)10-22-15(24)18(20-16(22)25)7-5-12(6-8-18)17(2,3)4/h9,12H,5-8,10H2,1-4H3,(H,20,25)(H,19,21,23). The highest BCUT2D eigenvalue weighted by Gasteiger charge is 2.53. The molecule has 2 fully saturated rings. The van der Waals surface area contributed by atoms with Gasteiger partial charge in [0.15, 0.2) is 5.82 Å². The highest BCUT2D eigenvalue weighted by molar-refractivity contribution is 6.10. The minimum absolute atomic E-state index is 0.183. The summed E-state index contributed by atoms with van der Waals surface area (Å²) >= 11 is 0. The lowest BCUT2D eigenvalue weighted by molar-refractivity contribution is -0.135. The molecule has 2 N–H and O–H groups in total. The van der Waals surface area contributed by atoms with E-state index in [0.29, 0.717) is 24.5 Å². The first-order valence-electron chi connectivity index (χ1n) is 8.98. The van der Waals surface area contributed by atoms with Gasteiger partial charge < -0.3 is 15.2 Å². The molecule has 1 spiro atoms. The molecule has 1 aromatic heterocycles. The number of hydrogen-bond donors (Lipinski definition) is 2. The van der Waals surface area contributed by atoms with Crippen molar-refractivity contribution in [1.29, 1.82) is 0 Å². The summed E-state index contributed by atoms with van der Waals surface area (Å²) in [5.74, 6) is 0.555. The average Bonchev–Trinajstić information content (AvgIpc) is 3.04. The summed E-state index contributed by atoms with van der Waals surface area (Å²) in [5, 5.41) is 9.04. The highest BCUT2D eigenvalue weighted by Crippen LogP contribution is 2.43. The number of aryl methyl sites for hydroxylation is 1. The molecule has 1 saturated carbocycles. The van der Waals surface area contributed by atoms with Crippen molar-refractivity contribution in [1.82, 2.24) is 15.4 Å². The number of carbonyl (C=O) groups excluding carboxylic acids is 3. The van der Waals surface area contributed by atoms with Crippen LogP contribution in [0.3, 0.4) is 0 Å². The van der Waals surface area contributed by atoms with E-state index in [4.69, 9.17) is 4.52 Å². The molecule has 142 valence electrons. The molecule has 2 aliphatic rings. The molecule has 26 heavy (non-hydrogen) atoms. The second-order valence-corrected chi connectivity index (χ2v) is 8.41. The van der Waals surface area contributed by atoms with E-state index in [0.717, 1.165) is 17.7 Å². The second kappa shape index (κ2) is 6.41. The van der Waals surface area contributed by atoms with E-state index < -0.39 is 17.5 Å². The van der Waals surface area contributed by atoms with E-state index in [2.05, 4.69) is 36.6 Å². The SMILES string of the molecule is Cc1cc(NC(=O)CN2C(=O)NC3(CCC(C(C)(C)C)CC3)C2=O)no1. The minimum Gasteiger partial charge on any atom is -0.360 e. The van der Waals surface area contributed by atoms with Gasteiger partial charge in [0, 0.05) is 6.07 Å². The Hall–Kier alpha value is -2.38. The molecular weight excluding hydrogens is 336 g/mol. The Morgan fingerprint density at radius 1 is 1.38 bits per heavy atom. The van der Waals surface area contributed by atoms with Crippen LogP contribution in [0.1, 0.15) is 52.2 Å². The van der Waals surface area contributed by atoms with Crippen LogP contribution < -0.4 is 10.6 Å². The van der Waals surface area contributed by atoms with Gasteiger partial charge in [-0.25, -0.2) is 4.79 Å². The van der Waals surface area contributed by atoms with Gasteiger partial charge in [0.2, 0.25) is 5.91 Å². The first kappa shape index (κ1) is 18.4. The molecule has 0 atom stereocenters. The van der Waals surface area contributed by atoms with E-state index >= 15 is 0 Å². The van der Waals surface area contributed by atoms with E-state index in [9.17, 15) is 14.4 Å². The Balaban J connectivity index is 1.63. The Kier molecular flexibility index (Phi) is 4.54. The summed E-state index contributed by atoms with van der Waals surface area (Å²) in [5.41, 5.74) is -0.674. The molecule has 2 heterocycles. The summed E-state index contributed by atoms with van der Waals surface area (Å²) in [4.78, 5) is 38.3. The van der Waals surface area contributed by atoms with Crippen LogP contribution in [0.15, 0.2) is 10.6 Å². The summed E-state index contributed by atoms with van der Waals surface area (Å²) < 4.78 is 4.88. The number of nitrogens with one attached hydrogen (secondary N) is 2. The predicted octanol–water partition coefficient (Wildman–Crippen LogP) is 2.45. The van der Waals surface area contributed by atoms with Crippen molar-refractivity contribution in [2.45, 2.75) is 58.9 Å². The summed E-state index contributed by atoms with van der Waals surface area (Å²) in [6.45, 7) is 7.98. The monoisotopic (exact) mass is 362 g/mol. The van der Waals surface area contributed by atoms with Crippen LogP contribution in [0.25, 0.3) is 0 Å². The molecule has 0 aromatic carbocycles. The third kappa shape index (κ3) is 3.45. The topological polar surface area (TPSA) is 105 Å². The smallest absolute Gasteiger partial charge is 0.325 e. The normalized spacial score (nSPS) is 26.3. The molecule has 3 rings (SSSR count). The van der Waals surface area contributed by atoms with E-state index in [1.165, 1.54) is 0 Å². The number of nitrogens with zero attached hydrogens (tertiary/aromatic N) is 2. The number of rotatable bonds is 3. The third-order valence-electron chi connectivity index (χ3n) is 5.51. The summed E-state index contributed by atoms with van der Waals surface area (Å²) in [7, 11) is 0. The molecule has 1 aliphatic heterocycles.